The second-order valence-electron chi connectivity index (χ2n) is 6.55. The van der Waals surface area contributed by atoms with Gasteiger partial charge in [-0.25, -0.2) is 0 Å². The number of hydrogen-bond acceptors (Lipinski definition) is 7. The molecular weight excluding hydrogens is 338 g/mol. The van der Waals surface area contributed by atoms with Crippen molar-refractivity contribution in [1.29, 1.82) is 0 Å². The zero-order chi connectivity index (χ0) is 18.0. The van der Waals surface area contributed by atoms with Crippen molar-refractivity contribution >= 4 is 8.80 Å². The summed E-state index contributed by atoms with van der Waals surface area (Å²) in [4.78, 5) is 7.53. The third-order valence-corrected chi connectivity index (χ3v) is 7.83. The van der Waals surface area contributed by atoms with Crippen LogP contribution in [0, 0.1) is 0 Å². The molecule has 7 nitrogen and oxygen atoms in total. The quantitative estimate of drug-likeness (QED) is 0.488. The van der Waals surface area contributed by atoms with Crippen LogP contribution in [0.2, 0.25) is 0 Å². The van der Waals surface area contributed by atoms with Crippen LogP contribution in [0.15, 0.2) is 0 Å². The maximum atomic E-state index is 5.99. The van der Waals surface area contributed by atoms with Crippen LogP contribution in [0.1, 0.15) is 20.8 Å². The van der Waals surface area contributed by atoms with Gasteiger partial charge in [-0.05, 0) is 20.8 Å². The minimum atomic E-state index is -2.56. The molecule has 0 aliphatic carbocycles. The minimum Gasteiger partial charge on any atom is -0.379 e. The minimum absolute atomic E-state index is 0.645. The highest BCUT2D eigenvalue weighted by molar-refractivity contribution is 6.60. The fourth-order valence-corrected chi connectivity index (χ4v) is 6.18. The number of rotatable bonds is 11. The lowest BCUT2D eigenvalue weighted by Crippen LogP contribution is -2.59. The molecule has 0 spiro atoms. The van der Waals surface area contributed by atoms with Crippen LogP contribution in [0.4, 0.5) is 0 Å². The molecule has 8 heteroatoms. The average Bonchev–Trinajstić information content (AvgIpc) is 2.63. The van der Waals surface area contributed by atoms with Gasteiger partial charge in [0.1, 0.15) is 0 Å². The van der Waals surface area contributed by atoms with Crippen LogP contribution in [0.25, 0.3) is 0 Å². The SMILES string of the molecule is CCO[Si](CN1CCN(CCN2CCOCC2)CC1)(OCC)OCC. The molecule has 0 saturated carbocycles. The fraction of sp³-hybridized carbons (Fsp3) is 1.00. The summed E-state index contributed by atoms with van der Waals surface area (Å²) in [5, 5.41) is 0. The Hall–Kier alpha value is -0.0631. The lowest BCUT2D eigenvalue weighted by molar-refractivity contribution is 0.0272. The molecule has 0 bridgehead atoms. The second-order valence-corrected chi connectivity index (χ2v) is 9.10. The molecule has 0 atom stereocenters. The van der Waals surface area contributed by atoms with Crippen LogP contribution in [-0.4, -0.2) is 115 Å². The van der Waals surface area contributed by atoms with Gasteiger partial charge < -0.3 is 18.0 Å². The second kappa shape index (κ2) is 11.6. The number of hydrogen-bond donors (Lipinski definition) is 0. The fourth-order valence-electron chi connectivity index (χ4n) is 3.47. The molecule has 2 aliphatic heterocycles. The van der Waals surface area contributed by atoms with Crippen LogP contribution < -0.4 is 0 Å². The van der Waals surface area contributed by atoms with Crippen molar-refractivity contribution < 1.29 is 18.0 Å². The third-order valence-electron chi connectivity index (χ3n) is 4.81. The Labute approximate surface area is 154 Å². The summed E-state index contributed by atoms with van der Waals surface area (Å²) in [6.07, 6.45) is 0.805. The van der Waals surface area contributed by atoms with Crippen LogP contribution in [0.5, 0.6) is 0 Å². The molecule has 0 radical (unpaired) electrons. The summed E-state index contributed by atoms with van der Waals surface area (Å²) in [6, 6.07) is 0. The smallest absolute Gasteiger partial charge is 0.379 e. The van der Waals surface area contributed by atoms with Crippen molar-refractivity contribution in [3.05, 3.63) is 0 Å². The van der Waals surface area contributed by atoms with E-state index < -0.39 is 8.80 Å². The first-order chi connectivity index (χ1) is 12.2. The third kappa shape index (κ3) is 7.22. The van der Waals surface area contributed by atoms with E-state index in [1.54, 1.807) is 0 Å². The van der Waals surface area contributed by atoms with Gasteiger partial charge in [-0.3, -0.25) is 14.7 Å². The van der Waals surface area contributed by atoms with E-state index in [-0.39, 0.29) is 0 Å². The van der Waals surface area contributed by atoms with Gasteiger partial charge in [-0.1, -0.05) is 0 Å². The molecule has 0 amide bonds. The number of ether oxygens (including phenoxy) is 1. The largest absolute Gasteiger partial charge is 0.515 e. The molecule has 2 aliphatic rings. The first-order valence-electron chi connectivity index (χ1n) is 9.88. The molecule has 0 aromatic rings. The molecule has 2 fully saturated rings. The van der Waals surface area contributed by atoms with E-state index in [1.807, 2.05) is 20.8 Å². The van der Waals surface area contributed by atoms with Gasteiger partial charge in [0.25, 0.3) is 0 Å². The molecule has 2 rings (SSSR count). The van der Waals surface area contributed by atoms with Crippen molar-refractivity contribution in [1.82, 2.24) is 14.7 Å². The summed E-state index contributed by atoms with van der Waals surface area (Å²) in [6.45, 7) is 18.5. The Kier molecular flexibility index (Phi) is 9.86. The summed E-state index contributed by atoms with van der Waals surface area (Å²) >= 11 is 0. The van der Waals surface area contributed by atoms with Crippen LogP contribution in [0.3, 0.4) is 0 Å². The highest BCUT2D eigenvalue weighted by atomic mass is 28.4. The standard InChI is InChI=1S/C17H37N3O4Si/c1-4-22-25(23-5-2,24-6-3)17-20-11-9-18(10-12-20)7-8-19-13-15-21-16-14-19/h4-17H2,1-3H3. The van der Waals surface area contributed by atoms with E-state index in [4.69, 9.17) is 18.0 Å². The highest BCUT2D eigenvalue weighted by Gasteiger charge is 2.42. The molecule has 2 saturated heterocycles. The monoisotopic (exact) mass is 375 g/mol. The van der Waals surface area contributed by atoms with E-state index in [2.05, 4.69) is 14.7 Å². The number of nitrogens with zero attached hydrogens (tertiary/aromatic N) is 3. The molecule has 2 heterocycles. The van der Waals surface area contributed by atoms with Crippen molar-refractivity contribution in [2.45, 2.75) is 20.8 Å². The molecule has 0 aromatic carbocycles. The van der Waals surface area contributed by atoms with Gasteiger partial charge in [0.15, 0.2) is 0 Å². The van der Waals surface area contributed by atoms with Crippen molar-refractivity contribution in [2.24, 2.45) is 0 Å². The highest BCUT2D eigenvalue weighted by Crippen LogP contribution is 2.14. The van der Waals surface area contributed by atoms with E-state index in [9.17, 15) is 0 Å². The summed E-state index contributed by atoms with van der Waals surface area (Å²) in [5.41, 5.74) is 0. The van der Waals surface area contributed by atoms with E-state index >= 15 is 0 Å². The summed E-state index contributed by atoms with van der Waals surface area (Å²) < 4.78 is 23.4. The van der Waals surface area contributed by atoms with E-state index in [0.29, 0.717) is 19.8 Å². The molecule has 0 unspecified atom stereocenters. The topological polar surface area (TPSA) is 46.6 Å². The molecule has 0 aromatic heterocycles. The normalized spacial score (nSPS) is 21.7. The number of morpholine rings is 1. The maximum absolute atomic E-state index is 5.99. The van der Waals surface area contributed by atoms with E-state index in [0.717, 1.165) is 71.7 Å². The predicted octanol–water partition coefficient (Wildman–Crippen LogP) is 0.524. The average molecular weight is 376 g/mol. The Morgan fingerprint density at radius 1 is 0.680 bits per heavy atom. The molecule has 25 heavy (non-hydrogen) atoms. The lowest BCUT2D eigenvalue weighted by atomic mass is 10.3. The van der Waals surface area contributed by atoms with Gasteiger partial charge in [-0.2, -0.15) is 0 Å². The van der Waals surface area contributed by atoms with Crippen molar-refractivity contribution in [2.75, 3.05) is 91.6 Å². The molecule has 0 N–H and O–H groups in total. The van der Waals surface area contributed by atoms with Gasteiger partial charge >= 0.3 is 8.80 Å². The van der Waals surface area contributed by atoms with Crippen LogP contribution in [-0.2, 0) is 18.0 Å². The van der Waals surface area contributed by atoms with Gasteiger partial charge in [0, 0.05) is 72.2 Å². The lowest BCUT2D eigenvalue weighted by Gasteiger charge is -2.39. The van der Waals surface area contributed by atoms with Crippen LogP contribution >= 0.6 is 0 Å². The van der Waals surface area contributed by atoms with Gasteiger partial charge in [0.05, 0.1) is 19.4 Å². The van der Waals surface area contributed by atoms with Crippen molar-refractivity contribution in [3.63, 3.8) is 0 Å². The van der Waals surface area contributed by atoms with E-state index in [1.165, 1.54) is 0 Å². The first-order valence-corrected chi connectivity index (χ1v) is 11.8. The Bertz CT molecular complexity index is 334. The predicted molar refractivity (Wildman–Crippen MR) is 101 cm³/mol. The Morgan fingerprint density at radius 2 is 1.12 bits per heavy atom. The zero-order valence-corrected chi connectivity index (χ0v) is 17.4. The molecule has 148 valence electrons. The molecular formula is C17H37N3O4Si. The van der Waals surface area contributed by atoms with Gasteiger partial charge in [-0.15, -0.1) is 0 Å². The van der Waals surface area contributed by atoms with Crippen molar-refractivity contribution in [3.8, 4) is 0 Å². The summed E-state index contributed by atoms with van der Waals surface area (Å²) in [5.74, 6) is 0. The zero-order valence-electron chi connectivity index (χ0n) is 16.4. The number of piperazine rings is 1. The van der Waals surface area contributed by atoms with Gasteiger partial charge in [0.2, 0.25) is 0 Å². The maximum Gasteiger partial charge on any atom is 0.515 e. The first kappa shape index (κ1) is 21.2. The Balaban J connectivity index is 1.73. The Morgan fingerprint density at radius 3 is 1.60 bits per heavy atom. The summed E-state index contributed by atoms with van der Waals surface area (Å²) in [7, 11) is -2.56.